The molecule has 1 aromatic rings. The van der Waals surface area contributed by atoms with Crippen molar-refractivity contribution in [1.82, 2.24) is 9.97 Å². The van der Waals surface area contributed by atoms with Crippen molar-refractivity contribution < 1.29 is 4.79 Å². The molecule has 0 bridgehead atoms. The Kier molecular flexibility index (Phi) is 4.89. The van der Waals surface area contributed by atoms with Gasteiger partial charge in [0.1, 0.15) is 0 Å². The molecule has 0 aliphatic carbocycles. The Morgan fingerprint density at radius 3 is 2.06 bits per heavy atom. The van der Waals surface area contributed by atoms with Crippen molar-refractivity contribution in [3.05, 3.63) is 18.0 Å². The standard InChI is InChI=1S/C12H19N3O/c1-4-6-15(7-5-2)12-13-8-11(9-14-12)10(3)16/h8-9H,4-7H2,1-3H3. The van der Waals surface area contributed by atoms with E-state index in [9.17, 15) is 4.79 Å². The SMILES string of the molecule is CCCN(CCC)c1ncc(C(C)=O)cn1. The molecule has 4 heteroatoms. The second-order valence-corrected chi connectivity index (χ2v) is 3.81. The van der Waals surface area contributed by atoms with E-state index < -0.39 is 0 Å². The van der Waals surface area contributed by atoms with E-state index in [1.165, 1.54) is 6.92 Å². The van der Waals surface area contributed by atoms with Crippen LogP contribution in [0.2, 0.25) is 0 Å². The third-order valence-corrected chi connectivity index (χ3v) is 2.31. The van der Waals surface area contributed by atoms with E-state index >= 15 is 0 Å². The summed E-state index contributed by atoms with van der Waals surface area (Å²) < 4.78 is 0. The molecule has 0 spiro atoms. The van der Waals surface area contributed by atoms with Gasteiger partial charge < -0.3 is 4.90 Å². The molecule has 0 N–H and O–H groups in total. The monoisotopic (exact) mass is 221 g/mol. The normalized spacial score (nSPS) is 10.2. The van der Waals surface area contributed by atoms with Gasteiger partial charge in [-0.25, -0.2) is 9.97 Å². The number of hydrogen-bond donors (Lipinski definition) is 0. The minimum Gasteiger partial charge on any atom is -0.341 e. The van der Waals surface area contributed by atoms with Crippen LogP contribution in [0.15, 0.2) is 12.4 Å². The maximum Gasteiger partial charge on any atom is 0.225 e. The molecule has 1 rings (SSSR count). The second-order valence-electron chi connectivity index (χ2n) is 3.81. The summed E-state index contributed by atoms with van der Waals surface area (Å²) >= 11 is 0. The number of hydrogen-bond acceptors (Lipinski definition) is 4. The quantitative estimate of drug-likeness (QED) is 0.691. The number of ketones is 1. The zero-order valence-corrected chi connectivity index (χ0v) is 10.2. The summed E-state index contributed by atoms with van der Waals surface area (Å²) in [4.78, 5) is 21.7. The van der Waals surface area contributed by atoms with Crippen LogP contribution in [-0.2, 0) is 0 Å². The molecule has 16 heavy (non-hydrogen) atoms. The van der Waals surface area contributed by atoms with Crippen LogP contribution in [0.1, 0.15) is 44.0 Å². The number of aromatic nitrogens is 2. The summed E-state index contributed by atoms with van der Waals surface area (Å²) in [6.07, 6.45) is 5.33. The van der Waals surface area contributed by atoms with E-state index in [1.54, 1.807) is 12.4 Å². The molecule has 0 aromatic carbocycles. The number of carbonyl (C=O) groups is 1. The Morgan fingerprint density at radius 1 is 1.19 bits per heavy atom. The van der Waals surface area contributed by atoms with Crippen LogP contribution in [0, 0.1) is 0 Å². The first kappa shape index (κ1) is 12.6. The Hall–Kier alpha value is -1.45. The lowest BCUT2D eigenvalue weighted by Gasteiger charge is -2.20. The molecule has 0 saturated carbocycles. The number of anilines is 1. The summed E-state index contributed by atoms with van der Waals surface area (Å²) in [5.74, 6) is 0.720. The number of Topliss-reactive ketones (excluding diaryl/α,β-unsaturated/α-hetero) is 1. The van der Waals surface area contributed by atoms with E-state index in [0.29, 0.717) is 11.5 Å². The average molecular weight is 221 g/mol. The van der Waals surface area contributed by atoms with Gasteiger partial charge in [0.25, 0.3) is 0 Å². The first-order valence-corrected chi connectivity index (χ1v) is 5.77. The molecular formula is C12H19N3O. The zero-order valence-electron chi connectivity index (χ0n) is 10.2. The van der Waals surface area contributed by atoms with Gasteiger partial charge in [-0.3, -0.25) is 4.79 Å². The van der Waals surface area contributed by atoms with Crippen molar-refractivity contribution in [3.8, 4) is 0 Å². The van der Waals surface area contributed by atoms with Gasteiger partial charge in [0.05, 0.1) is 5.56 Å². The van der Waals surface area contributed by atoms with E-state index in [4.69, 9.17) is 0 Å². The molecule has 0 amide bonds. The highest BCUT2D eigenvalue weighted by Crippen LogP contribution is 2.08. The summed E-state index contributed by atoms with van der Waals surface area (Å²) in [6, 6.07) is 0. The lowest BCUT2D eigenvalue weighted by Crippen LogP contribution is -2.26. The number of nitrogens with zero attached hydrogens (tertiary/aromatic N) is 3. The topological polar surface area (TPSA) is 46.1 Å². The number of carbonyl (C=O) groups excluding carboxylic acids is 1. The molecule has 4 nitrogen and oxygen atoms in total. The molecule has 0 radical (unpaired) electrons. The van der Waals surface area contributed by atoms with Gasteiger partial charge >= 0.3 is 0 Å². The molecule has 0 fully saturated rings. The fourth-order valence-electron chi connectivity index (χ4n) is 1.52. The number of rotatable bonds is 6. The van der Waals surface area contributed by atoms with Crippen molar-refractivity contribution in [2.45, 2.75) is 33.6 Å². The fraction of sp³-hybridized carbons (Fsp3) is 0.583. The van der Waals surface area contributed by atoms with Crippen LogP contribution < -0.4 is 4.90 Å². The van der Waals surface area contributed by atoms with Crippen molar-refractivity contribution in [3.63, 3.8) is 0 Å². The molecule has 0 saturated heterocycles. The fourth-order valence-corrected chi connectivity index (χ4v) is 1.52. The lowest BCUT2D eigenvalue weighted by molar-refractivity contribution is 0.101. The highest BCUT2D eigenvalue weighted by atomic mass is 16.1. The first-order valence-electron chi connectivity index (χ1n) is 5.77. The third kappa shape index (κ3) is 3.29. The second kappa shape index (κ2) is 6.20. The molecule has 0 unspecified atom stereocenters. The van der Waals surface area contributed by atoms with Crippen molar-refractivity contribution in [1.29, 1.82) is 0 Å². The van der Waals surface area contributed by atoms with E-state index in [0.717, 1.165) is 25.9 Å². The highest BCUT2D eigenvalue weighted by molar-refractivity contribution is 5.93. The molecule has 0 aliphatic rings. The van der Waals surface area contributed by atoms with E-state index in [2.05, 4.69) is 28.7 Å². The largest absolute Gasteiger partial charge is 0.341 e. The van der Waals surface area contributed by atoms with Crippen molar-refractivity contribution in [2.24, 2.45) is 0 Å². The average Bonchev–Trinajstić information content (AvgIpc) is 2.29. The van der Waals surface area contributed by atoms with Gasteiger partial charge in [-0.1, -0.05) is 13.8 Å². The van der Waals surface area contributed by atoms with Gasteiger partial charge in [-0.05, 0) is 19.8 Å². The molecule has 1 heterocycles. The predicted octanol–water partition coefficient (Wildman–Crippen LogP) is 2.31. The summed E-state index contributed by atoms with van der Waals surface area (Å²) in [6.45, 7) is 7.69. The Balaban J connectivity index is 2.80. The van der Waals surface area contributed by atoms with Crippen LogP contribution in [0.5, 0.6) is 0 Å². The van der Waals surface area contributed by atoms with E-state index in [-0.39, 0.29) is 5.78 Å². The molecule has 1 aromatic heterocycles. The minimum atomic E-state index is 0.00378. The molecule has 88 valence electrons. The Morgan fingerprint density at radius 2 is 1.69 bits per heavy atom. The summed E-state index contributed by atoms with van der Waals surface area (Å²) in [7, 11) is 0. The molecular weight excluding hydrogens is 202 g/mol. The summed E-state index contributed by atoms with van der Waals surface area (Å²) in [5.41, 5.74) is 0.566. The third-order valence-electron chi connectivity index (χ3n) is 2.31. The van der Waals surface area contributed by atoms with Crippen molar-refractivity contribution in [2.75, 3.05) is 18.0 Å². The smallest absolute Gasteiger partial charge is 0.225 e. The lowest BCUT2D eigenvalue weighted by atomic mass is 10.2. The zero-order chi connectivity index (χ0) is 12.0. The van der Waals surface area contributed by atoms with Gasteiger partial charge in [-0.15, -0.1) is 0 Å². The van der Waals surface area contributed by atoms with Gasteiger partial charge in [-0.2, -0.15) is 0 Å². The molecule has 0 aliphatic heterocycles. The maximum absolute atomic E-state index is 11.1. The summed E-state index contributed by atoms with van der Waals surface area (Å²) in [5, 5.41) is 0. The van der Waals surface area contributed by atoms with Crippen molar-refractivity contribution >= 4 is 11.7 Å². The molecule has 0 atom stereocenters. The van der Waals surface area contributed by atoms with Crippen LogP contribution >= 0.6 is 0 Å². The van der Waals surface area contributed by atoms with Gasteiger partial charge in [0.2, 0.25) is 5.95 Å². The first-order chi connectivity index (χ1) is 7.69. The van der Waals surface area contributed by atoms with Crippen LogP contribution in [0.4, 0.5) is 5.95 Å². The van der Waals surface area contributed by atoms with Gasteiger partial charge in [0.15, 0.2) is 5.78 Å². The maximum atomic E-state index is 11.1. The van der Waals surface area contributed by atoms with Crippen LogP contribution in [0.3, 0.4) is 0 Å². The van der Waals surface area contributed by atoms with Gasteiger partial charge in [0, 0.05) is 25.5 Å². The highest BCUT2D eigenvalue weighted by Gasteiger charge is 2.08. The van der Waals surface area contributed by atoms with E-state index in [1.807, 2.05) is 0 Å². The van der Waals surface area contributed by atoms with Crippen LogP contribution in [0.25, 0.3) is 0 Å². The minimum absolute atomic E-state index is 0.00378. The Bertz CT molecular complexity index is 329. The van der Waals surface area contributed by atoms with Crippen LogP contribution in [-0.4, -0.2) is 28.8 Å². The Labute approximate surface area is 96.7 Å². The predicted molar refractivity (Wildman–Crippen MR) is 64.8 cm³/mol.